The van der Waals surface area contributed by atoms with Crippen molar-refractivity contribution in [3.8, 4) is 5.75 Å². The number of benzene rings is 3. The molecule has 0 saturated heterocycles. The van der Waals surface area contributed by atoms with Gasteiger partial charge in [-0.25, -0.2) is 10.2 Å². The fraction of sp³-hybridized carbons (Fsp3) is 0.160. The van der Waals surface area contributed by atoms with Gasteiger partial charge in [0.15, 0.2) is 0 Å². The molecule has 33 heavy (non-hydrogen) atoms. The largest absolute Gasteiger partial charge is 0.423 e. The SMILES string of the molecule is CC(C)(C)c1ccc(C(=O)Oc2ccc(/C=N\NC(=O)c3cccc([N+](=O)[O-])c3)cc2)cc1. The van der Waals surface area contributed by atoms with Crippen LogP contribution >= 0.6 is 0 Å². The highest BCUT2D eigenvalue weighted by Gasteiger charge is 2.15. The number of nitro groups is 1. The molecule has 0 aliphatic carbocycles. The van der Waals surface area contributed by atoms with Gasteiger partial charge in [-0.1, -0.05) is 39.0 Å². The molecule has 0 unspecified atom stereocenters. The van der Waals surface area contributed by atoms with Gasteiger partial charge in [-0.2, -0.15) is 5.10 Å². The highest BCUT2D eigenvalue weighted by molar-refractivity contribution is 5.95. The second-order valence-electron chi connectivity index (χ2n) is 8.29. The Labute approximate surface area is 191 Å². The minimum absolute atomic E-state index is 0.00164. The molecule has 0 spiro atoms. The summed E-state index contributed by atoms with van der Waals surface area (Å²) in [5, 5.41) is 14.7. The third-order valence-electron chi connectivity index (χ3n) is 4.78. The van der Waals surface area contributed by atoms with Gasteiger partial charge in [0.1, 0.15) is 5.75 Å². The minimum atomic E-state index is -0.574. The molecule has 1 N–H and O–H groups in total. The van der Waals surface area contributed by atoms with Gasteiger partial charge in [0.25, 0.3) is 11.6 Å². The van der Waals surface area contributed by atoms with Crippen LogP contribution in [0.5, 0.6) is 5.75 Å². The number of amides is 1. The van der Waals surface area contributed by atoms with Gasteiger partial charge in [-0.15, -0.1) is 0 Å². The molecule has 0 aliphatic rings. The van der Waals surface area contributed by atoms with E-state index in [1.165, 1.54) is 30.5 Å². The van der Waals surface area contributed by atoms with Crippen LogP contribution in [0.2, 0.25) is 0 Å². The Morgan fingerprint density at radius 3 is 2.24 bits per heavy atom. The third kappa shape index (κ3) is 6.33. The molecular formula is C25H23N3O5. The molecule has 3 aromatic rings. The lowest BCUT2D eigenvalue weighted by atomic mass is 9.87. The van der Waals surface area contributed by atoms with Gasteiger partial charge in [0.05, 0.1) is 16.7 Å². The number of nitrogens with one attached hydrogen (secondary N) is 1. The molecule has 0 fully saturated rings. The Bertz CT molecular complexity index is 1190. The van der Waals surface area contributed by atoms with E-state index < -0.39 is 16.8 Å². The zero-order chi connectivity index (χ0) is 24.0. The van der Waals surface area contributed by atoms with Crippen LogP contribution in [0.25, 0.3) is 0 Å². The topological polar surface area (TPSA) is 111 Å². The average molecular weight is 445 g/mol. The van der Waals surface area contributed by atoms with E-state index in [-0.39, 0.29) is 16.7 Å². The van der Waals surface area contributed by atoms with Crippen molar-refractivity contribution in [1.82, 2.24) is 5.43 Å². The van der Waals surface area contributed by atoms with Crippen molar-refractivity contribution in [1.29, 1.82) is 0 Å². The fourth-order valence-electron chi connectivity index (χ4n) is 2.88. The normalized spacial score (nSPS) is 11.2. The van der Waals surface area contributed by atoms with Gasteiger partial charge in [0.2, 0.25) is 0 Å². The molecule has 8 nitrogen and oxygen atoms in total. The van der Waals surface area contributed by atoms with E-state index in [9.17, 15) is 19.7 Å². The number of hydrogen-bond acceptors (Lipinski definition) is 6. The Balaban J connectivity index is 1.57. The maximum atomic E-state index is 12.4. The van der Waals surface area contributed by atoms with E-state index in [0.29, 0.717) is 16.9 Å². The van der Waals surface area contributed by atoms with Gasteiger partial charge >= 0.3 is 5.97 Å². The summed E-state index contributed by atoms with van der Waals surface area (Å²) in [5.41, 5.74) is 4.50. The van der Waals surface area contributed by atoms with Crippen LogP contribution in [-0.2, 0) is 5.41 Å². The number of carbonyl (C=O) groups is 2. The molecule has 3 rings (SSSR count). The third-order valence-corrected chi connectivity index (χ3v) is 4.78. The summed E-state index contributed by atoms with van der Waals surface area (Å²) in [5.74, 6) is -0.656. The zero-order valence-corrected chi connectivity index (χ0v) is 18.4. The van der Waals surface area contributed by atoms with Crippen LogP contribution in [0.1, 0.15) is 52.6 Å². The van der Waals surface area contributed by atoms with Crippen LogP contribution in [0.3, 0.4) is 0 Å². The van der Waals surface area contributed by atoms with E-state index >= 15 is 0 Å². The minimum Gasteiger partial charge on any atom is -0.423 e. The summed E-state index contributed by atoms with van der Waals surface area (Å²) >= 11 is 0. The number of ether oxygens (including phenoxy) is 1. The summed E-state index contributed by atoms with van der Waals surface area (Å²) in [6, 6.07) is 19.3. The first-order chi connectivity index (χ1) is 15.6. The summed E-state index contributed by atoms with van der Waals surface area (Å²) in [4.78, 5) is 34.7. The van der Waals surface area contributed by atoms with Crippen molar-refractivity contribution in [2.45, 2.75) is 26.2 Å². The van der Waals surface area contributed by atoms with Crippen LogP contribution < -0.4 is 10.2 Å². The Kier molecular flexibility index (Phi) is 6.97. The predicted molar refractivity (Wildman–Crippen MR) is 125 cm³/mol. The average Bonchev–Trinajstić information content (AvgIpc) is 2.79. The first kappa shape index (κ1) is 23.3. The summed E-state index contributed by atoms with van der Waals surface area (Å²) in [6.07, 6.45) is 1.41. The standard InChI is InChI=1S/C25H23N3O5/c1-25(2,3)20-11-9-18(10-12-20)24(30)33-22-13-7-17(8-14-22)16-26-27-23(29)19-5-4-6-21(15-19)28(31)32/h4-16H,1-3H3,(H,27,29)/b26-16-. The number of carbonyl (C=O) groups excluding carboxylic acids is 2. The summed E-state index contributed by atoms with van der Waals surface area (Å²) in [6.45, 7) is 6.30. The van der Waals surface area contributed by atoms with Crippen LogP contribution in [0, 0.1) is 10.1 Å². The van der Waals surface area contributed by atoms with E-state index in [4.69, 9.17) is 4.74 Å². The molecule has 8 heteroatoms. The lowest BCUT2D eigenvalue weighted by molar-refractivity contribution is -0.384. The predicted octanol–water partition coefficient (Wildman–Crippen LogP) is 4.88. The molecule has 1 amide bonds. The summed E-state index contributed by atoms with van der Waals surface area (Å²) < 4.78 is 5.40. The van der Waals surface area contributed by atoms with Crippen molar-refractivity contribution in [2.75, 3.05) is 0 Å². The van der Waals surface area contributed by atoms with Gasteiger partial charge < -0.3 is 4.74 Å². The Morgan fingerprint density at radius 1 is 0.970 bits per heavy atom. The van der Waals surface area contributed by atoms with Gasteiger partial charge in [-0.3, -0.25) is 14.9 Å². The number of hydrazone groups is 1. The second kappa shape index (κ2) is 9.86. The highest BCUT2D eigenvalue weighted by atomic mass is 16.6. The quantitative estimate of drug-likeness (QED) is 0.191. The second-order valence-corrected chi connectivity index (χ2v) is 8.29. The Hall–Kier alpha value is -4.33. The number of nitro benzene ring substituents is 1. The molecule has 168 valence electrons. The molecule has 0 aromatic heterocycles. The monoisotopic (exact) mass is 445 g/mol. The zero-order valence-electron chi connectivity index (χ0n) is 18.4. The smallest absolute Gasteiger partial charge is 0.343 e. The fourth-order valence-corrected chi connectivity index (χ4v) is 2.88. The maximum Gasteiger partial charge on any atom is 0.343 e. The van der Waals surface area contributed by atoms with Crippen LogP contribution in [0.4, 0.5) is 5.69 Å². The number of esters is 1. The van der Waals surface area contributed by atoms with Crippen LogP contribution in [0.15, 0.2) is 77.9 Å². The van der Waals surface area contributed by atoms with E-state index in [1.54, 1.807) is 36.4 Å². The molecule has 0 saturated carbocycles. The molecule has 0 bridgehead atoms. The molecule has 3 aromatic carbocycles. The van der Waals surface area contributed by atoms with Gasteiger partial charge in [-0.05, 0) is 59.0 Å². The molecule has 0 aliphatic heterocycles. The van der Waals surface area contributed by atoms with Crippen molar-refractivity contribution in [2.24, 2.45) is 5.10 Å². The lowest BCUT2D eigenvalue weighted by Crippen LogP contribution is -2.17. The number of rotatable bonds is 6. The molecular weight excluding hydrogens is 422 g/mol. The first-order valence-corrected chi connectivity index (χ1v) is 10.1. The van der Waals surface area contributed by atoms with Crippen molar-refractivity contribution >= 4 is 23.8 Å². The van der Waals surface area contributed by atoms with Crippen molar-refractivity contribution in [3.63, 3.8) is 0 Å². The van der Waals surface area contributed by atoms with Crippen molar-refractivity contribution in [3.05, 3.63) is 105 Å². The van der Waals surface area contributed by atoms with E-state index in [0.717, 1.165) is 5.56 Å². The number of non-ortho nitro benzene ring substituents is 1. The molecule has 0 radical (unpaired) electrons. The Morgan fingerprint density at radius 2 is 1.64 bits per heavy atom. The number of nitrogens with zero attached hydrogens (tertiary/aromatic N) is 2. The van der Waals surface area contributed by atoms with E-state index in [2.05, 4.69) is 31.3 Å². The maximum absolute atomic E-state index is 12.4. The van der Waals surface area contributed by atoms with Crippen LogP contribution in [-0.4, -0.2) is 23.0 Å². The summed E-state index contributed by atoms with van der Waals surface area (Å²) in [7, 11) is 0. The lowest BCUT2D eigenvalue weighted by Gasteiger charge is -2.18. The van der Waals surface area contributed by atoms with Gasteiger partial charge in [0, 0.05) is 17.7 Å². The first-order valence-electron chi connectivity index (χ1n) is 10.1. The highest BCUT2D eigenvalue weighted by Crippen LogP contribution is 2.23. The van der Waals surface area contributed by atoms with Crippen molar-refractivity contribution < 1.29 is 19.2 Å². The number of hydrogen-bond donors (Lipinski definition) is 1. The molecule has 0 heterocycles. The van der Waals surface area contributed by atoms with E-state index in [1.807, 2.05) is 12.1 Å². The molecule has 0 atom stereocenters.